The predicted molar refractivity (Wildman–Crippen MR) is 114 cm³/mol. The van der Waals surface area contributed by atoms with Crippen LogP contribution in [0.15, 0.2) is 30.5 Å². The molecule has 1 fully saturated rings. The van der Waals surface area contributed by atoms with Crippen LogP contribution < -0.4 is 0 Å². The topological polar surface area (TPSA) is 67.7 Å². The van der Waals surface area contributed by atoms with Crippen LogP contribution in [0.3, 0.4) is 0 Å². The number of alkyl halides is 3. The maximum absolute atomic E-state index is 12.5. The molecule has 0 bridgehead atoms. The van der Waals surface area contributed by atoms with E-state index in [1.165, 1.54) is 0 Å². The van der Waals surface area contributed by atoms with Gasteiger partial charge in [0, 0.05) is 39.3 Å². The monoisotopic (exact) mass is 470 g/mol. The molecule has 4 rings (SSSR count). The summed E-state index contributed by atoms with van der Waals surface area (Å²) < 4.78 is 5.35. The van der Waals surface area contributed by atoms with Crippen molar-refractivity contribution in [2.45, 2.75) is 22.4 Å². The van der Waals surface area contributed by atoms with Crippen molar-refractivity contribution in [1.29, 1.82) is 0 Å². The van der Waals surface area contributed by atoms with Crippen molar-refractivity contribution < 1.29 is 14.3 Å². The van der Waals surface area contributed by atoms with Gasteiger partial charge in [-0.15, -0.1) is 0 Å². The van der Waals surface area contributed by atoms with E-state index in [0.717, 1.165) is 11.3 Å². The summed E-state index contributed by atoms with van der Waals surface area (Å²) in [6.07, 6.45) is 1.68. The molecule has 1 aromatic heterocycles. The van der Waals surface area contributed by atoms with E-state index in [2.05, 4.69) is 9.88 Å². The lowest BCUT2D eigenvalue weighted by molar-refractivity contribution is -0.162. The summed E-state index contributed by atoms with van der Waals surface area (Å²) in [5, 5.41) is 0. The lowest BCUT2D eigenvalue weighted by atomic mass is 9.88. The van der Waals surface area contributed by atoms with E-state index in [1.54, 1.807) is 25.2 Å². The van der Waals surface area contributed by atoms with E-state index in [1.807, 2.05) is 28.8 Å². The van der Waals surface area contributed by atoms with Gasteiger partial charge in [0.15, 0.2) is 5.82 Å². The number of Topliss-reactive ketones (excluding diaryl/α,β-unsaturated/α-hetero) is 1. The van der Waals surface area contributed by atoms with E-state index < -0.39 is 9.58 Å². The molecule has 160 valence electrons. The van der Waals surface area contributed by atoms with E-state index in [9.17, 15) is 9.59 Å². The minimum Gasteiger partial charge on any atom is -0.377 e. The molecule has 2 aliphatic heterocycles. The fourth-order valence-corrected chi connectivity index (χ4v) is 4.22. The molecule has 2 aromatic rings. The number of hydrogen-bond acceptors (Lipinski definition) is 5. The number of amides is 1. The Labute approximate surface area is 189 Å². The highest BCUT2D eigenvalue weighted by Gasteiger charge is 2.51. The molecule has 1 spiro atoms. The lowest BCUT2D eigenvalue weighted by Gasteiger charge is -2.52. The van der Waals surface area contributed by atoms with Gasteiger partial charge in [0.05, 0.1) is 25.1 Å². The van der Waals surface area contributed by atoms with E-state index in [-0.39, 0.29) is 17.3 Å². The second-order valence-corrected chi connectivity index (χ2v) is 10.1. The first kappa shape index (κ1) is 21.6. The van der Waals surface area contributed by atoms with Crippen LogP contribution in [-0.4, -0.2) is 68.7 Å². The fraction of sp³-hybridized carbons (Fsp3) is 0.450. The minimum atomic E-state index is -2.05. The molecule has 0 atom stereocenters. The normalized spacial score (nSPS) is 18.0. The maximum Gasteiger partial charge on any atom is 0.256 e. The number of ketones is 1. The Hall–Kier alpha value is -1.64. The number of imidazole rings is 1. The molecular weight excluding hydrogens is 451 g/mol. The second-order valence-electron chi connectivity index (χ2n) is 7.79. The second kappa shape index (κ2) is 7.80. The maximum atomic E-state index is 12.5. The molecule has 0 unspecified atom stereocenters. The summed E-state index contributed by atoms with van der Waals surface area (Å²) in [5.41, 5.74) is 2.24. The van der Waals surface area contributed by atoms with Crippen molar-refractivity contribution in [2.24, 2.45) is 0 Å². The minimum absolute atomic E-state index is 0.0292. The molecule has 10 heteroatoms. The number of carbonyl (C=O) groups is 2. The van der Waals surface area contributed by atoms with Gasteiger partial charge in [-0.25, -0.2) is 4.98 Å². The Kier molecular flexibility index (Phi) is 5.61. The number of nitrogens with zero attached hydrogens (tertiary/aromatic N) is 4. The standard InChI is InChI=1S/C20H21Cl3N4O3/c1-25(2)18(29)14-5-3-13(4-6-14)10-26-7-8-27-15(19(26)11-30-12-19)9-24-17(27)16(28)20(21,22)23/h3-6,9H,7-8,10-12H2,1-2H3. The summed E-state index contributed by atoms with van der Waals surface area (Å²) in [6.45, 7) is 2.91. The third kappa shape index (κ3) is 3.63. The van der Waals surface area contributed by atoms with Crippen LogP contribution in [0.5, 0.6) is 0 Å². The highest BCUT2D eigenvalue weighted by Crippen LogP contribution is 2.41. The van der Waals surface area contributed by atoms with Crippen LogP contribution in [0.4, 0.5) is 0 Å². The molecule has 1 aromatic carbocycles. The third-order valence-electron chi connectivity index (χ3n) is 5.65. The molecule has 2 aliphatic rings. The number of fused-ring (bicyclic) bond motifs is 2. The number of ether oxygens (including phenoxy) is 1. The highest BCUT2D eigenvalue weighted by atomic mass is 35.6. The van der Waals surface area contributed by atoms with Crippen molar-refractivity contribution in [3.8, 4) is 0 Å². The van der Waals surface area contributed by atoms with Crippen molar-refractivity contribution >= 4 is 46.5 Å². The molecule has 0 saturated carbocycles. The van der Waals surface area contributed by atoms with Crippen molar-refractivity contribution in [3.05, 3.63) is 53.1 Å². The van der Waals surface area contributed by atoms with Gasteiger partial charge in [-0.3, -0.25) is 14.5 Å². The Morgan fingerprint density at radius 1 is 1.17 bits per heavy atom. The molecule has 1 saturated heterocycles. The van der Waals surface area contributed by atoms with E-state index in [0.29, 0.717) is 38.4 Å². The van der Waals surface area contributed by atoms with Crippen LogP contribution >= 0.6 is 34.8 Å². The zero-order valence-corrected chi connectivity index (χ0v) is 18.8. The van der Waals surface area contributed by atoms with Crippen molar-refractivity contribution in [2.75, 3.05) is 33.9 Å². The first-order valence-corrected chi connectivity index (χ1v) is 10.6. The Balaban J connectivity index is 1.58. The summed E-state index contributed by atoms with van der Waals surface area (Å²) in [4.78, 5) is 32.7. The number of aromatic nitrogens is 2. The average molecular weight is 472 g/mol. The van der Waals surface area contributed by atoms with Crippen molar-refractivity contribution in [3.63, 3.8) is 0 Å². The van der Waals surface area contributed by atoms with Crippen LogP contribution in [0.25, 0.3) is 0 Å². The molecule has 30 heavy (non-hydrogen) atoms. The zero-order chi connectivity index (χ0) is 21.7. The number of benzene rings is 1. The fourth-order valence-electron chi connectivity index (χ4n) is 3.97. The lowest BCUT2D eigenvalue weighted by Crippen LogP contribution is -2.63. The largest absolute Gasteiger partial charge is 0.377 e. The summed E-state index contributed by atoms with van der Waals surface area (Å²) in [7, 11) is 3.46. The first-order chi connectivity index (χ1) is 14.1. The van der Waals surface area contributed by atoms with Gasteiger partial charge in [-0.2, -0.15) is 0 Å². The molecule has 0 N–H and O–H groups in total. The molecule has 0 aliphatic carbocycles. The Bertz CT molecular complexity index is 978. The van der Waals surface area contributed by atoms with Crippen LogP contribution in [-0.2, 0) is 23.4 Å². The van der Waals surface area contributed by atoms with Gasteiger partial charge < -0.3 is 14.2 Å². The molecule has 0 radical (unpaired) electrons. The summed E-state index contributed by atoms with van der Waals surface area (Å²) in [5.74, 6) is -0.510. The number of rotatable bonds is 4. The van der Waals surface area contributed by atoms with E-state index >= 15 is 0 Å². The average Bonchev–Trinajstić information content (AvgIpc) is 3.09. The number of hydrogen-bond donors (Lipinski definition) is 0. The molecular formula is C20H21Cl3N4O3. The number of halogens is 3. The first-order valence-electron chi connectivity index (χ1n) is 9.44. The summed E-state index contributed by atoms with van der Waals surface area (Å²) in [6, 6.07) is 7.61. The van der Waals surface area contributed by atoms with Gasteiger partial charge in [-0.05, 0) is 17.7 Å². The third-order valence-corrected chi connectivity index (χ3v) is 6.17. The summed E-state index contributed by atoms with van der Waals surface area (Å²) >= 11 is 17.4. The quantitative estimate of drug-likeness (QED) is 0.507. The van der Waals surface area contributed by atoms with Crippen LogP contribution in [0.2, 0.25) is 0 Å². The number of carbonyl (C=O) groups excluding carboxylic acids is 2. The van der Waals surface area contributed by atoms with Crippen LogP contribution in [0.1, 0.15) is 32.2 Å². The van der Waals surface area contributed by atoms with Crippen molar-refractivity contribution in [1.82, 2.24) is 19.4 Å². The van der Waals surface area contributed by atoms with Gasteiger partial charge in [0.1, 0.15) is 5.54 Å². The van der Waals surface area contributed by atoms with Gasteiger partial charge in [0.2, 0.25) is 5.78 Å². The van der Waals surface area contributed by atoms with Gasteiger partial charge in [0.25, 0.3) is 9.70 Å². The molecule has 7 nitrogen and oxygen atoms in total. The van der Waals surface area contributed by atoms with E-state index in [4.69, 9.17) is 39.5 Å². The molecule has 1 amide bonds. The SMILES string of the molecule is CN(C)C(=O)c1ccc(CN2CCn3c(cnc3C(=O)C(Cl)(Cl)Cl)C23COC3)cc1. The van der Waals surface area contributed by atoms with Gasteiger partial charge in [-0.1, -0.05) is 46.9 Å². The zero-order valence-electron chi connectivity index (χ0n) is 16.6. The van der Waals surface area contributed by atoms with Gasteiger partial charge >= 0.3 is 0 Å². The molecule has 3 heterocycles. The Morgan fingerprint density at radius 3 is 2.37 bits per heavy atom. The van der Waals surface area contributed by atoms with Crippen LogP contribution in [0, 0.1) is 0 Å². The Morgan fingerprint density at radius 2 is 1.83 bits per heavy atom. The predicted octanol–water partition coefficient (Wildman–Crippen LogP) is 2.88. The smallest absolute Gasteiger partial charge is 0.256 e. The highest BCUT2D eigenvalue weighted by molar-refractivity contribution is 6.77.